The molecule has 5 rings (SSSR count). The zero-order valence-electron chi connectivity index (χ0n) is 21.8. The van der Waals surface area contributed by atoms with Crippen molar-refractivity contribution in [2.24, 2.45) is 0 Å². The number of hydrogen-bond donors (Lipinski definition) is 3. The standard InChI is InChI=1S/C25H29F3N6O6/c1-24(2)39-13-16(40-24)12-38-15-5-7-29-20(9-15)32-23(37)34-14-6-8-33(11-14)18-4-3-17(31-21(18)34)22(36)30-10-19(35)25(26,27)28/h3-5,7,9,14,16,19,35H,6,8,10-13H2,1-2H3,(H,30,36)(H,29,32,37)/t14-,16-,19?/m0/s1. The van der Waals surface area contributed by atoms with Gasteiger partial charge in [-0.05, 0) is 38.5 Å². The van der Waals surface area contributed by atoms with Crippen LogP contribution in [0.15, 0.2) is 30.5 Å². The highest BCUT2D eigenvalue weighted by Crippen LogP contribution is 2.39. The fraction of sp³-hybridized carbons (Fsp3) is 0.520. The third-order valence-corrected chi connectivity index (χ3v) is 6.71. The summed E-state index contributed by atoms with van der Waals surface area (Å²) in [6.45, 7) is 4.47. The van der Waals surface area contributed by atoms with Crippen molar-refractivity contribution in [3.63, 3.8) is 0 Å². The number of halogens is 3. The third kappa shape index (κ3) is 6.05. The number of aliphatic hydroxyl groups excluding tert-OH is 1. The second-order valence-corrected chi connectivity index (χ2v) is 10.1. The molecule has 15 heteroatoms. The van der Waals surface area contributed by atoms with E-state index < -0.39 is 36.6 Å². The zero-order valence-corrected chi connectivity index (χ0v) is 21.8. The van der Waals surface area contributed by atoms with Crippen LogP contribution in [0.1, 0.15) is 30.8 Å². The Kier molecular flexibility index (Phi) is 7.46. The fourth-order valence-electron chi connectivity index (χ4n) is 4.77. The van der Waals surface area contributed by atoms with Gasteiger partial charge in [0.1, 0.15) is 30.0 Å². The minimum atomic E-state index is -4.87. The summed E-state index contributed by atoms with van der Waals surface area (Å²) in [4.78, 5) is 37.9. The number of carbonyl (C=O) groups is 2. The summed E-state index contributed by atoms with van der Waals surface area (Å²) in [5.41, 5.74) is 0.422. The van der Waals surface area contributed by atoms with Gasteiger partial charge in [0.15, 0.2) is 17.7 Å². The number of ether oxygens (including phenoxy) is 3. The third-order valence-electron chi connectivity index (χ3n) is 6.71. The molecule has 2 aromatic heterocycles. The van der Waals surface area contributed by atoms with Gasteiger partial charge in [0, 0.05) is 25.4 Å². The Hall–Kier alpha value is -3.69. The van der Waals surface area contributed by atoms with Crippen LogP contribution in [0.3, 0.4) is 0 Å². The minimum Gasteiger partial charge on any atom is -0.491 e. The van der Waals surface area contributed by atoms with Gasteiger partial charge in [0.05, 0.1) is 24.9 Å². The van der Waals surface area contributed by atoms with Crippen LogP contribution in [-0.2, 0) is 9.47 Å². The number of aromatic nitrogens is 2. The maximum absolute atomic E-state index is 13.5. The van der Waals surface area contributed by atoms with Crippen molar-refractivity contribution in [2.75, 3.05) is 48.0 Å². The van der Waals surface area contributed by atoms with Crippen LogP contribution in [0.5, 0.6) is 5.75 Å². The van der Waals surface area contributed by atoms with Crippen LogP contribution in [0.2, 0.25) is 0 Å². The number of aliphatic hydroxyl groups is 1. The monoisotopic (exact) mass is 566 g/mol. The first kappa shape index (κ1) is 27.9. The second-order valence-electron chi connectivity index (χ2n) is 10.1. The van der Waals surface area contributed by atoms with Crippen LogP contribution in [0.25, 0.3) is 0 Å². The van der Waals surface area contributed by atoms with Gasteiger partial charge >= 0.3 is 12.2 Å². The van der Waals surface area contributed by atoms with Gasteiger partial charge < -0.3 is 29.5 Å². The van der Waals surface area contributed by atoms with E-state index in [2.05, 4.69) is 15.3 Å². The van der Waals surface area contributed by atoms with Gasteiger partial charge in [0.25, 0.3) is 5.91 Å². The Morgan fingerprint density at radius 1 is 1.30 bits per heavy atom. The molecule has 1 unspecified atom stereocenters. The highest BCUT2D eigenvalue weighted by atomic mass is 19.4. The Labute approximate surface area is 227 Å². The van der Waals surface area contributed by atoms with E-state index in [-0.39, 0.29) is 36.1 Å². The molecule has 2 fully saturated rings. The quantitative estimate of drug-likeness (QED) is 0.461. The molecule has 0 aromatic carbocycles. The number of pyridine rings is 2. The number of hydrogen-bond acceptors (Lipinski definition) is 9. The van der Waals surface area contributed by atoms with Crippen molar-refractivity contribution in [1.82, 2.24) is 15.3 Å². The van der Waals surface area contributed by atoms with Crippen molar-refractivity contribution < 1.29 is 42.1 Å². The van der Waals surface area contributed by atoms with Crippen LogP contribution < -0.4 is 25.2 Å². The molecule has 3 N–H and O–H groups in total. The smallest absolute Gasteiger partial charge is 0.416 e. The lowest BCUT2D eigenvalue weighted by Gasteiger charge is -2.35. The molecule has 12 nitrogen and oxygen atoms in total. The Bertz CT molecular complexity index is 1280. The molecule has 3 atom stereocenters. The van der Waals surface area contributed by atoms with E-state index in [0.29, 0.717) is 37.6 Å². The Morgan fingerprint density at radius 2 is 2.10 bits per heavy atom. The largest absolute Gasteiger partial charge is 0.491 e. The summed E-state index contributed by atoms with van der Waals surface area (Å²) in [5.74, 6) is -0.703. The summed E-state index contributed by atoms with van der Waals surface area (Å²) in [6, 6.07) is 5.39. The molecule has 0 spiro atoms. The summed E-state index contributed by atoms with van der Waals surface area (Å²) in [6.07, 6.45) is -5.69. The first-order valence-electron chi connectivity index (χ1n) is 12.7. The molecule has 0 aliphatic carbocycles. The zero-order chi connectivity index (χ0) is 28.7. The molecule has 5 heterocycles. The maximum Gasteiger partial charge on any atom is 0.416 e. The lowest BCUT2D eigenvalue weighted by molar-refractivity contribution is -0.201. The van der Waals surface area contributed by atoms with E-state index in [9.17, 15) is 27.9 Å². The van der Waals surface area contributed by atoms with Crippen molar-refractivity contribution in [3.05, 3.63) is 36.2 Å². The summed E-state index contributed by atoms with van der Waals surface area (Å²) in [7, 11) is 0. The topological polar surface area (TPSA) is 138 Å². The van der Waals surface area contributed by atoms with E-state index in [1.54, 1.807) is 18.2 Å². The van der Waals surface area contributed by atoms with Crippen molar-refractivity contribution >= 4 is 29.3 Å². The number of anilines is 3. The first-order valence-corrected chi connectivity index (χ1v) is 12.7. The number of fused-ring (bicyclic) bond motifs is 4. The second kappa shape index (κ2) is 10.7. The highest BCUT2D eigenvalue weighted by molar-refractivity contribution is 6.05. The molecule has 216 valence electrons. The SMILES string of the molecule is CC1(C)OC[C@H](COc2ccnc(NC(=O)N3c4nc(C(=O)NCC(O)C(F)(F)F)ccc4N4CC[C@H]3C4)c2)O1. The molecule has 3 amide bonds. The highest BCUT2D eigenvalue weighted by Gasteiger charge is 2.41. The molecule has 2 saturated heterocycles. The summed E-state index contributed by atoms with van der Waals surface area (Å²) in [5, 5.41) is 14.0. The average molecular weight is 567 g/mol. The van der Waals surface area contributed by atoms with E-state index in [4.69, 9.17) is 14.2 Å². The average Bonchev–Trinajstić information content (AvgIpc) is 3.48. The minimum absolute atomic E-state index is 0.191. The molecule has 0 saturated carbocycles. The molecule has 2 aromatic rings. The number of nitrogens with zero attached hydrogens (tertiary/aromatic N) is 4. The van der Waals surface area contributed by atoms with Gasteiger partial charge in [-0.15, -0.1) is 0 Å². The van der Waals surface area contributed by atoms with Gasteiger partial charge in [-0.2, -0.15) is 13.2 Å². The van der Waals surface area contributed by atoms with Gasteiger partial charge in [-0.3, -0.25) is 15.0 Å². The van der Waals surface area contributed by atoms with Crippen LogP contribution in [-0.4, -0.2) is 90.1 Å². The molecule has 2 bridgehead atoms. The molecule has 40 heavy (non-hydrogen) atoms. The van der Waals surface area contributed by atoms with E-state index in [1.165, 1.54) is 17.2 Å². The maximum atomic E-state index is 13.5. The number of nitrogens with one attached hydrogen (secondary N) is 2. The van der Waals surface area contributed by atoms with Crippen molar-refractivity contribution in [3.8, 4) is 5.75 Å². The molecular formula is C25H29F3N6O6. The van der Waals surface area contributed by atoms with E-state index >= 15 is 0 Å². The lowest BCUT2D eigenvalue weighted by Crippen LogP contribution is -2.48. The summed E-state index contributed by atoms with van der Waals surface area (Å²) >= 11 is 0. The van der Waals surface area contributed by atoms with Crippen molar-refractivity contribution in [2.45, 2.75) is 50.5 Å². The molecule has 0 radical (unpaired) electrons. The van der Waals surface area contributed by atoms with Crippen LogP contribution >= 0.6 is 0 Å². The molecular weight excluding hydrogens is 537 g/mol. The Morgan fingerprint density at radius 3 is 2.83 bits per heavy atom. The van der Waals surface area contributed by atoms with E-state index in [1.807, 2.05) is 24.1 Å². The predicted octanol–water partition coefficient (Wildman–Crippen LogP) is 2.29. The number of rotatable bonds is 7. The predicted molar refractivity (Wildman–Crippen MR) is 135 cm³/mol. The van der Waals surface area contributed by atoms with Gasteiger partial charge in [-0.25, -0.2) is 14.8 Å². The fourth-order valence-corrected chi connectivity index (χ4v) is 4.77. The first-order chi connectivity index (χ1) is 18.9. The Balaban J connectivity index is 1.28. The van der Waals surface area contributed by atoms with Crippen molar-refractivity contribution in [1.29, 1.82) is 0 Å². The lowest BCUT2D eigenvalue weighted by atomic mass is 10.1. The van der Waals surface area contributed by atoms with Gasteiger partial charge in [0.2, 0.25) is 0 Å². The van der Waals surface area contributed by atoms with E-state index in [0.717, 1.165) is 0 Å². The number of urea groups is 1. The van der Waals surface area contributed by atoms with Crippen LogP contribution in [0.4, 0.5) is 35.3 Å². The number of amides is 3. The summed E-state index contributed by atoms with van der Waals surface area (Å²) < 4.78 is 54.9. The normalized spacial score (nSPS) is 22.1. The molecule has 3 aliphatic heterocycles. The molecule has 3 aliphatic rings. The van der Waals surface area contributed by atoms with Crippen LogP contribution in [0, 0.1) is 0 Å². The van der Waals surface area contributed by atoms with Gasteiger partial charge in [-0.1, -0.05) is 0 Å². The number of carbonyl (C=O) groups excluding carboxylic acids is 2. The number of alkyl halides is 3.